The molecule has 5 heteroatoms. The van der Waals surface area contributed by atoms with Gasteiger partial charge in [-0.05, 0) is 36.1 Å². The summed E-state index contributed by atoms with van der Waals surface area (Å²) >= 11 is 0. The van der Waals surface area contributed by atoms with Crippen LogP contribution < -0.4 is 20.5 Å². The molecule has 0 saturated carbocycles. The van der Waals surface area contributed by atoms with Crippen LogP contribution in [0.3, 0.4) is 0 Å². The van der Waals surface area contributed by atoms with E-state index in [-0.39, 0.29) is 11.9 Å². The molecular formula is C26H38N2O3. The van der Waals surface area contributed by atoms with Gasteiger partial charge in [0.05, 0.1) is 7.11 Å². The van der Waals surface area contributed by atoms with Gasteiger partial charge in [-0.1, -0.05) is 75.4 Å². The van der Waals surface area contributed by atoms with Gasteiger partial charge in [-0.25, -0.2) is 0 Å². The number of methoxy groups -OCH3 is 1. The second-order valence-electron chi connectivity index (χ2n) is 8.04. The molecule has 2 rings (SSSR count). The summed E-state index contributed by atoms with van der Waals surface area (Å²) < 4.78 is 11.4. The van der Waals surface area contributed by atoms with E-state index < -0.39 is 0 Å². The number of nitrogens with one attached hydrogen (secondary N) is 1. The highest BCUT2D eigenvalue weighted by Crippen LogP contribution is 2.28. The van der Waals surface area contributed by atoms with Gasteiger partial charge in [0.15, 0.2) is 11.5 Å². The second-order valence-corrected chi connectivity index (χ2v) is 8.04. The number of carbonyl (C=O) groups excluding carboxylic acids is 1. The number of unbranched alkanes of at least 4 members (excludes halogenated alkanes) is 5. The maximum Gasteiger partial charge on any atom is 0.220 e. The van der Waals surface area contributed by atoms with Crippen molar-refractivity contribution in [3.8, 4) is 11.5 Å². The van der Waals surface area contributed by atoms with E-state index >= 15 is 0 Å². The molecular weight excluding hydrogens is 388 g/mol. The quantitative estimate of drug-likeness (QED) is 0.393. The van der Waals surface area contributed by atoms with Crippen LogP contribution in [0.15, 0.2) is 48.5 Å². The lowest BCUT2D eigenvalue weighted by atomic mass is 10.1. The fourth-order valence-electron chi connectivity index (χ4n) is 3.47. The average Bonchev–Trinajstić information content (AvgIpc) is 2.79. The Morgan fingerprint density at radius 2 is 1.71 bits per heavy atom. The normalized spacial score (nSPS) is 11.7. The minimum atomic E-state index is -0.104. The van der Waals surface area contributed by atoms with Crippen LogP contribution in [0, 0.1) is 0 Å². The number of amides is 1. The van der Waals surface area contributed by atoms with E-state index in [1.807, 2.05) is 36.4 Å². The molecule has 0 spiro atoms. The third kappa shape index (κ3) is 9.88. The van der Waals surface area contributed by atoms with Crippen molar-refractivity contribution in [2.45, 2.75) is 70.9 Å². The Labute approximate surface area is 187 Å². The Kier molecular flexibility index (Phi) is 11.5. The molecule has 0 aliphatic carbocycles. The predicted molar refractivity (Wildman–Crippen MR) is 126 cm³/mol. The number of benzene rings is 2. The zero-order valence-electron chi connectivity index (χ0n) is 19.1. The van der Waals surface area contributed by atoms with Crippen LogP contribution in [0.2, 0.25) is 0 Å². The van der Waals surface area contributed by atoms with E-state index in [0.29, 0.717) is 31.1 Å². The maximum absolute atomic E-state index is 12.1. The zero-order valence-corrected chi connectivity index (χ0v) is 19.1. The summed E-state index contributed by atoms with van der Waals surface area (Å²) in [6.45, 7) is 3.10. The lowest BCUT2D eigenvalue weighted by Crippen LogP contribution is -2.30. The molecule has 2 aromatic carbocycles. The van der Waals surface area contributed by atoms with E-state index in [0.717, 1.165) is 24.8 Å². The highest BCUT2D eigenvalue weighted by Gasteiger charge is 2.10. The lowest BCUT2D eigenvalue weighted by Gasteiger charge is -2.16. The standard InChI is InChI=1S/C26H38N2O3/c1-3-4-5-6-7-11-14-26(29)28-19-22-15-16-24(25(18-22)30-2)31-20-23(27)17-21-12-9-8-10-13-21/h8-10,12-13,15-16,18,23H,3-7,11,14,17,19-20,27H2,1-2H3,(H,28,29)/t23-/m0/s1. The molecule has 5 nitrogen and oxygen atoms in total. The van der Waals surface area contributed by atoms with Crippen molar-refractivity contribution >= 4 is 5.91 Å². The van der Waals surface area contributed by atoms with Crippen LogP contribution in [0.1, 0.15) is 63.0 Å². The van der Waals surface area contributed by atoms with E-state index in [1.54, 1.807) is 7.11 Å². The minimum absolute atomic E-state index is 0.0988. The molecule has 1 amide bonds. The molecule has 2 aromatic rings. The molecule has 0 radical (unpaired) electrons. The second kappa shape index (κ2) is 14.5. The van der Waals surface area contributed by atoms with E-state index in [4.69, 9.17) is 15.2 Å². The zero-order chi connectivity index (χ0) is 22.3. The van der Waals surface area contributed by atoms with Crippen molar-refractivity contribution in [2.75, 3.05) is 13.7 Å². The lowest BCUT2D eigenvalue weighted by molar-refractivity contribution is -0.121. The minimum Gasteiger partial charge on any atom is -0.493 e. The van der Waals surface area contributed by atoms with Gasteiger partial charge in [-0.15, -0.1) is 0 Å². The topological polar surface area (TPSA) is 73.6 Å². The monoisotopic (exact) mass is 426 g/mol. The van der Waals surface area contributed by atoms with Crippen molar-refractivity contribution in [3.63, 3.8) is 0 Å². The number of rotatable bonds is 15. The SMILES string of the molecule is CCCCCCCCC(=O)NCc1ccc(OC[C@@H](N)Cc2ccccc2)c(OC)c1. The molecule has 3 N–H and O–H groups in total. The van der Waals surface area contributed by atoms with Crippen molar-refractivity contribution in [3.05, 3.63) is 59.7 Å². The average molecular weight is 427 g/mol. The van der Waals surface area contributed by atoms with Crippen molar-refractivity contribution in [2.24, 2.45) is 5.73 Å². The summed E-state index contributed by atoms with van der Waals surface area (Å²) in [5.74, 6) is 1.41. The first-order valence-corrected chi connectivity index (χ1v) is 11.5. The van der Waals surface area contributed by atoms with E-state index in [9.17, 15) is 4.79 Å². The van der Waals surface area contributed by atoms with Crippen molar-refractivity contribution in [1.82, 2.24) is 5.32 Å². The Bertz CT molecular complexity index is 765. The third-order valence-electron chi connectivity index (χ3n) is 5.27. The summed E-state index contributed by atoms with van der Waals surface area (Å²) in [7, 11) is 1.62. The van der Waals surface area contributed by atoms with E-state index in [1.165, 1.54) is 31.2 Å². The molecule has 0 saturated heterocycles. The number of carbonyl (C=O) groups is 1. The third-order valence-corrected chi connectivity index (χ3v) is 5.27. The fourth-order valence-corrected chi connectivity index (χ4v) is 3.47. The largest absolute Gasteiger partial charge is 0.493 e. The Morgan fingerprint density at radius 1 is 0.968 bits per heavy atom. The van der Waals surface area contributed by atoms with Crippen LogP contribution >= 0.6 is 0 Å². The Balaban J connectivity index is 1.74. The van der Waals surface area contributed by atoms with Crippen LogP contribution in [-0.2, 0) is 17.8 Å². The summed E-state index contributed by atoms with van der Waals surface area (Å²) in [5, 5.41) is 2.99. The molecule has 0 aromatic heterocycles. The van der Waals surface area contributed by atoms with Gasteiger partial charge in [0.25, 0.3) is 0 Å². The number of hydrogen-bond acceptors (Lipinski definition) is 4. The number of ether oxygens (including phenoxy) is 2. The molecule has 0 fully saturated rings. The summed E-state index contributed by atoms with van der Waals surface area (Å²) in [6, 6.07) is 15.8. The molecule has 0 bridgehead atoms. The fraction of sp³-hybridized carbons (Fsp3) is 0.500. The van der Waals surface area contributed by atoms with Crippen molar-refractivity contribution in [1.29, 1.82) is 0 Å². The molecule has 0 aliphatic rings. The summed E-state index contributed by atoms with van der Waals surface area (Å²) in [5.41, 5.74) is 8.39. The molecule has 31 heavy (non-hydrogen) atoms. The molecule has 0 unspecified atom stereocenters. The predicted octanol–water partition coefficient (Wildman–Crippen LogP) is 5.01. The van der Waals surface area contributed by atoms with Gasteiger partial charge in [-0.3, -0.25) is 4.79 Å². The van der Waals surface area contributed by atoms with Crippen LogP contribution in [0.5, 0.6) is 11.5 Å². The molecule has 0 heterocycles. The summed E-state index contributed by atoms with van der Waals surface area (Å²) in [4.78, 5) is 12.1. The first-order valence-electron chi connectivity index (χ1n) is 11.5. The highest BCUT2D eigenvalue weighted by molar-refractivity contribution is 5.75. The van der Waals surface area contributed by atoms with E-state index in [2.05, 4.69) is 24.4 Å². The highest BCUT2D eigenvalue weighted by atomic mass is 16.5. The van der Waals surface area contributed by atoms with Crippen LogP contribution in [-0.4, -0.2) is 25.7 Å². The van der Waals surface area contributed by atoms with Gasteiger partial charge < -0.3 is 20.5 Å². The number of nitrogens with two attached hydrogens (primary N) is 1. The van der Waals surface area contributed by atoms with Gasteiger partial charge in [0.1, 0.15) is 6.61 Å². The van der Waals surface area contributed by atoms with Crippen molar-refractivity contribution < 1.29 is 14.3 Å². The van der Waals surface area contributed by atoms with Gasteiger partial charge in [-0.2, -0.15) is 0 Å². The number of hydrogen-bond donors (Lipinski definition) is 2. The van der Waals surface area contributed by atoms with Crippen LogP contribution in [0.25, 0.3) is 0 Å². The molecule has 170 valence electrons. The van der Waals surface area contributed by atoms with Crippen LogP contribution in [0.4, 0.5) is 0 Å². The Morgan fingerprint density at radius 3 is 2.45 bits per heavy atom. The molecule has 1 atom stereocenters. The van der Waals surface area contributed by atoms with Gasteiger partial charge >= 0.3 is 0 Å². The first kappa shape index (κ1) is 24.7. The first-order chi connectivity index (χ1) is 15.1. The maximum atomic E-state index is 12.1. The molecule has 0 aliphatic heterocycles. The van der Waals surface area contributed by atoms with Gasteiger partial charge in [0, 0.05) is 19.0 Å². The smallest absolute Gasteiger partial charge is 0.220 e. The summed E-state index contributed by atoms with van der Waals surface area (Å²) in [6.07, 6.45) is 8.43. The Hall–Kier alpha value is -2.53. The van der Waals surface area contributed by atoms with Gasteiger partial charge in [0.2, 0.25) is 5.91 Å².